The molecule has 0 aliphatic heterocycles. The van der Waals surface area contributed by atoms with Gasteiger partial charge in [0.15, 0.2) is 5.78 Å². The van der Waals surface area contributed by atoms with E-state index in [1.807, 2.05) is 31.2 Å². The van der Waals surface area contributed by atoms with Gasteiger partial charge in [0.25, 0.3) is 0 Å². The molecule has 0 aromatic heterocycles. The molecule has 2 rings (SSSR count). The summed E-state index contributed by atoms with van der Waals surface area (Å²) in [6, 6.07) is 7.96. The predicted octanol–water partition coefficient (Wildman–Crippen LogP) is 4.01. The third kappa shape index (κ3) is 2.30. The summed E-state index contributed by atoms with van der Waals surface area (Å²) >= 11 is 0. The van der Waals surface area contributed by atoms with Gasteiger partial charge in [-0.1, -0.05) is 49.4 Å². The first-order chi connectivity index (χ1) is 7.81. The predicted molar refractivity (Wildman–Crippen MR) is 67.4 cm³/mol. The first-order valence-corrected chi connectivity index (χ1v) is 5.79. The monoisotopic (exact) mass is 212 g/mol. The Morgan fingerprint density at radius 2 is 1.94 bits per heavy atom. The van der Waals surface area contributed by atoms with Crippen LogP contribution in [0, 0.1) is 0 Å². The molecule has 1 aliphatic rings. The lowest BCUT2D eigenvalue weighted by molar-refractivity contribution is 0.0988. The van der Waals surface area contributed by atoms with Crippen molar-refractivity contribution >= 4 is 11.4 Å². The average molecular weight is 212 g/mol. The number of benzene rings is 1. The molecule has 0 saturated carbocycles. The van der Waals surface area contributed by atoms with Crippen LogP contribution in [0.1, 0.15) is 42.1 Å². The molecular weight excluding hydrogens is 196 g/mol. The topological polar surface area (TPSA) is 17.1 Å². The van der Waals surface area contributed by atoms with Crippen LogP contribution in [-0.2, 0) is 0 Å². The van der Waals surface area contributed by atoms with E-state index in [0.717, 1.165) is 18.4 Å². The van der Waals surface area contributed by atoms with Gasteiger partial charge in [-0.3, -0.25) is 4.79 Å². The fourth-order valence-corrected chi connectivity index (χ4v) is 1.91. The summed E-state index contributed by atoms with van der Waals surface area (Å²) in [5.74, 6) is 0.212. The van der Waals surface area contributed by atoms with Gasteiger partial charge < -0.3 is 0 Å². The molecule has 1 aromatic carbocycles. The van der Waals surface area contributed by atoms with E-state index in [2.05, 4.69) is 18.2 Å². The standard InChI is InChI=1S/C15H16O/c1-2-15(16)14-10-8-13(9-11-14)12-6-4-3-5-7-12/h3-4,7-11H,2,5-6H2,1H3. The Kier molecular flexibility index (Phi) is 3.35. The molecule has 0 saturated heterocycles. The Labute approximate surface area is 96.5 Å². The fourth-order valence-electron chi connectivity index (χ4n) is 1.91. The van der Waals surface area contributed by atoms with Gasteiger partial charge >= 0.3 is 0 Å². The molecule has 0 atom stereocenters. The highest BCUT2D eigenvalue weighted by molar-refractivity contribution is 5.96. The van der Waals surface area contributed by atoms with Crippen LogP contribution in [-0.4, -0.2) is 5.78 Å². The number of Topliss-reactive ketones (excluding diaryl/α,β-unsaturated/α-hetero) is 1. The van der Waals surface area contributed by atoms with Gasteiger partial charge in [-0.15, -0.1) is 0 Å². The molecule has 0 radical (unpaired) electrons. The molecule has 0 unspecified atom stereocenters. The summed E-state index contributed by atoms with van der Waals surface area (Å²) in [4.78, 5) is 11.5. The van der Waals surface area contributed by atoms with E-state index in [1.54, 1.807) is 0 Å². The van der Waals surface area contributed by atoms with Crippen LogP contribution < -0.4 is 0 Å². The number of carbonyl (C=O) groups excluding carboxylic acids is 1. The van der Waals surface area contributed by atoms with Crippen LogP contribution in [0.25, 0.3) is 5.57 Å². The number of carbonyl (C=O) groups is 1. The minimum Gasteiger partial charge on any atom is -0.294 e. The molecule has 82 valence electrons. The van der Waals surface area contributed by atoms with Crippen molar-refractivity contribution in [2.45, 2.75) is 26.2 Å². The minimum atomic E-state index is 0.212. The van der Waals surface area contributed by atoms with E-state index >= 15 is 0 Å². The van der Waals surface area contributed by atoms with Crippen LogP contribution in [0.15, 0.2) is 42.5 Å². The first kappa shape index (κ1) is 10.9. The lowest BCUT2D eigenvalue weighted by atomic mass is 9.96. The maximum atomic E-state index is 11.5. The van der Waals surface area contributed by atoms with E-state index in [9.17, 15) is 4.79 Å². The summed E-state index contributed by atoms with van der Waals surface area (Å²) in [5.41, 5.74) is 3.41. The largest absolute Gasteiger partial charge is 0.294 e. The number of hydrogen-bond donors (Lipinski definition) is 0. The highest BCUT2D eigenvalue weighted by Gasteiger charge is 2.05. The van der Waals surface area contributed by atoms with E-state index in [1.165, 1.54) is 11.1 Å². The molecule has 1 nitrogen and oxygen atoms in total. The quantitative estimate of drug-likeness (QED) is 0.546. The molecule has 16 heavy (non-hydrogen) atoms. The van der Waals surface area contributed by atoms with Crippen LogP contribution in [0.3, 0.4) is 0 Å². The molecular formula is C15H16O. The zero-order chi connectivity index (χ0) is 11.4. The fraction of sp³-hybridized carbons (Fsp3) is 0.267. The Morgan fingerprint density at radius 3 is 2.50 bits per heavy atom. The van der Waals surface area contributed by atoms with Crippen molar-refractivity contribution in [1.82, 2.24) is 0 Å². The van der Waals surface area contributed by atoms with E-state index in [-0.39, 0.29) is 5.78 Å². The van der Waals surface area contributed by atoms with Gasteiger partial charge in [0, 0.05) is 12.0 Å². The van der Waals surface area contributed by atoms with Crippen LogP contribution >= 0.6 is 0 Å². The van der Waals surface area contributed by atoms with Crippen molar-refractivity contribution in [3.8, 4) is 0 Å². The Bertz CT molecular complexity index is 435. The van der Waals surface area contributed by atoms with Crippen molar-refractivity contribution in [2.75, 3.05) is 0 Å². The van der Waals surface area contributed by atoms with Crippen molar-refractivity contribution in [3.63, 3.8) is 0 Å². The average Bonchev–Trinajstić information content (AvgIpc) is 2.39. The molecule has 0 amide bonds. The van der Waals surface area contributed by atoms with Crippen molar-refractivity contribution in [2.24, 2.45) is 0 Å². The zero-order valence-corrected chi connectivity index (χ0v) is 9.57. The molecule has 1 heteroatoms. The molecule has 0 fully saturated rings. The Hall–Kier alpha value is -1.63. The Balaban J connectivity index is 2.19. The minimum absolute atomic E-state index is 0.212. The maximum absolute atomic E-state index is 11.5. The lowest BCUT2D eigenvalue weighted by Crippen LogP contribution is -1.96. The SMILES string of the molecule is CCC(=O)c1ccc(C2=CCC=CC2)cc1. The van der Waals surface area contributed by atoms with Gasteiger partial charge in [0.1, 0.15) is 0 Å². The van der Waals surface area contributed by atoms with E-state index in [0.29, 0.717) is 6.42 Å². The molecule has 0 N–H and O–H groups in total. The summed E-state index contributed by atoms with van der Waals surface area (Å²) in [7, 11) is 0. The summed E-state index contributed by atoms with van der Waals surface area (Å²) in [6.07, 6.45) is 9.21. The molecule has 0 spiro atoms. The second-order valence-electron chi connectivity index (χ2n) is 3.99. The van der Waals surface area contributed by atoms with Crippen molar-refractivity contribution in [3.05, 3.63) is 53.6 Å². The number of rotatable bonds is 3. The van der Waals surface area contributed by atoms with Crippen molar-refractivity contribution < 1.29 is 4.79 Å². The van der Waals surface area contributed by atoms with Crippen LogP contribution in [0.2, 0.25) is 0 Å². The molecule has 1 aromatic rings. The number of hydrogen-bond acceptors (Lipinski definition) is 1. The third-order valence-corrected chi connectivity index (χ3v) is 2.90. The highest BCUT2D eigenvalue weighted by atomic mass is 16.1. The number of ketones is 1. The van der Waals surface area contributed by atoms with Gasteiger partial charge in [0.2, 0.25) is 0 Å². The second-order valence-corrected chi connectivity index (χ2v) is 3.99. The van der Waals surface area contributed by atoms with Crippen LogP contribution in [0.5, 0.6) is 0 Å². The van der Waals surface area contributed by atoms with Gasteiger partial charge in [0.05, 0.1) is 0 Å². The number of allylic oxidation sites excluding steroid dienone is 4. The normalized spacial score (nSPS) is 14.7. The van der Waals surface area contributed by atoms with Gasteiger partial charge in [-0.25, -0.2) is 0 Å². The highest BCUT2D eigenvalue weighted by Crippen LogP contribution is 2.23. The summed E-state index contributed by atoms with van der Waals surface area (Å²) < 4.78 is 0. The maximum Gasteiger partial charge on any atom is 0.162 e. The smallest absolute Gasteiger partial charge is 0.162 e. The molecule has 0 heterocycles. The van der Waals surface area contributed by atoms with Gasteiger partial charge in [-0.05, 0) is 24.0 Å². The Morgan fingerprint density at radius 1 is 1.19 bits per heavy atom. The third-order valence-electron chi connectivity index (χ3n) is 2.90. The molecule has 1 aliphatic carbocycles. The van der Waals surface area contributed by atoms with E-state index in [4.69, 9.17) is 0 Å². The zero-order valence-electron chi connectivity index (χ0n) is 9.57. The van der Waals surface area contributed by atoms with E-state index < -0.39 is 0 Å². The van der Waals surface area contributed by atoms with Crippen molar-refractivity contribution in [1.29, 1.82) is 0 Å². The first-order valence-electron chi connectivity index (χ1n) is 5.79. The lowest BCUT2D eigenvalue weighted by Gasteiger charge is -2.09. The summed E-state index contributed by atoms with van der Waals surface area (Å²) in [6.45, 7) is 1.89. The van der Waals surface area contributed by atoms with Crippen LogP contribution in [0.4, 0.5) is 0 Å². The second kappa shape index (κ2) is 4.93. The molecule has 0 bridgehead atoms. The van der Waals surface area contributed by atoms with Gasteiger partial charge in [-0.2, -0.15) is 0 Å². The summed E-state index contributed by atoms with van der Waals surface area (Å²) in [5, 5.41) is 0.